The summed E-state index contributed by atoms with van der Waals surface area (Å²) in [5.41, 5.74) is 13.9. The van der Waals surface area contributed by atoms with Crippen LogP contribution in [0.5, 0.6) is 0 Å². The third kappa shape index (κ3) is 5.07. The van der Waals surface area contributed by atoms with Crippen LogP contribution in [0.15, 0.2) is 180 Å². The molecular formula is C46H35NO. The van der Waals surface area contributed by atoms with Crippen LogP contribution in [-0.4, -0.2) is 0 Å². The lowest BCUT2D eigenvalue weighted by atomic mass is 9.83. The molecule has 230 valence electrons. The van der Waals surface area contributed by atoms with Crippen LogP contribution in [0.1, 0.15) is 30.4 Å². The van der Waals surface area contributed by atoms with Gasteiger partial charge < -0.3 is 9.32 Å². The van der Waals surface area contributed by atoms with E-state index in [9.17, 15) is 0 Å². The highest BCUT2D eigenvalue weighted by Crippen LogP contribution is 2.46. The van der Waals surface area contributed by atoms with Crippen molar-refractivity contribution in [3.63, 3.8) is 0 Å². The Bertz CT molecular complexity index is 2380. The van der Waals surface area contributed by atoms with Gasteiger partial charge in [-0.25, -0.2) is 0 Å². The molecule has 3 aliphatic rings. The fraction of sp³-hybridized carbons (Fsp3) is 0.0870. The van der Waals surface area contributed by atoms with Gasteiger partial charge in [0.25, 0.3) is 0 Å². The maximum absolute atomic E-state index is 6.29. The van der Waals surface area contributed by atoms with Gasteiger partial charge in [0.2, 0.25) is 0 Å². The highest BCUT2D eigenvalue weighted by atomic mass is 16.3. The summed E-state index contributed by atoms with van der Waals surface area (Å²) in [5, 5.41) is 2.24. The van der Waals surface area contributed by atoms with Gasteiger partial charge in [-0.15, -0.1) is 0 Å². The van der Waals surface area contributed by atoms with Crippen LogP contribution in [0, 0.1) is 5.92 Å². The maximum atomic E-state index is 6.29. The molecule has 9 rings (SSSR count). The first-order valence-electron chi connectivity index (χ1n) is 16.9. The van der Waals surface area contributed by atoms with Crippen molar-refractivity contribution in [2.45, 2.75) is 19.3 Å². The van der Waals surface area contributed by atoms with Crippen molar-refractivity contribution in [3.8, 4) is 11.1 Å². The molecule has 0 bridgehead atoms. The summed E-state index contributed by atoms with van der Waals surface area (Å²) >= 11 is 0. The summed E-state index contributed by atoms with van der Waals surface area (Å²) in [6.07, 6.45) is 23.8. The van der Waals surface area contributed by atoms with E-state index in [4.69, 9.17) is 4.42 Å². The van der Waals surface area contributed by atoms with Gasteiger partial charge in [0.05, 0.1) is 11.4 Å². The number of hydrogen-bond acceptors (Lipinski definition) is 2. The van der Waals surface area contributed by atoms with Crippen LogP contribution in [0.4, 0.5) is 17.1 Å². The van der Waals surface area contributed by atoms with Gasteiger partial charge >= 0.3 is 0 Å². The minimum absolute atomic E-state index is 0.459. The fourth-order valence-corrected chi connectivity index (χ4v) is 7.41. The lowest BCUT2D eigenvalue weighted by Crippen LogP contribution is -2.14. The van der Waals surface area contributed by atoms with E-state index in [0.717, 1.165) is 58.3 Å². The lowest BCUT2D eigenvalue weighted by molar-refractivity contribution is 0.669. The summed E-state index contributed by atoms with van der Waals surface area (Å²) in [4.78, 5) is 2.47. The maximum Gasteiger partial charge on any atom is 0.135 e. The number of allylic oxidation sites excluding steroid dienone is 12. The molecule has 2 heteroatoms. The summed E-state index contributed by atoms with van der Waals surface area (Å²) < 4.78 is 6.29. The molecule has 0 saturated carbocycles. The molecule has 1 aromatic heterocycles. The molecule has 0 fully saturated rings. The number of nitrogens with zero attached hydrogens (tertiary/aromatic N) is 1. The zero-order valence-electron chi connectivity index (χ0n) is 26.7. The minimum Gasteiger partial charge on any atom is -0.456 e. The minimum atomic E-state index is 0.459. The summed E-state index contributed by atoms with van der Waals surface area (Å²) in [7, 11) is 0. The molecule has 0 radical (unpaired) electrons. The lowest BCUT2D eigenvalue weighted by Gasteiger charge is -2.31. The van der Waals surface area contributed by atoms with Crippen molar-refractivity contribution in [3.05, 3.63) is 187 Å². The van der Waals surface area contributed by atoms with Gasteiger partial charge in [0, 0.05) is 33.5 Å². The van der Waals surface area contributed by atoms with E-state index in [-0.39, 0.29) is 0 Å². The molecule has 0 saturated heterocycles. The molecule has 0 amide bonds. The number of benzene rings is 5. The van der Waals surface area contributed by atoms with Crippen molar-refractivity contribution < 1.29 is 4.42 Å². The summed E-state index contributed by atoms with van der Waals surface area (Å²) in [6, 6.07) is 41.5. The molecule has 0 N–H and O–H groups in total. The van der Waals surface area contributed by atoms with Gasteiger partial charge in [-0.05, 0) is 83.5 Å². The van der Waals surface area contributed by atoms with Crippen molar-refractivity contribution in [1.82, 2.24) is 0 Å². The zero-order valence-corrected chi connectivity index (χ0v) is 26.7. The van der Waals surface area contributed by atoms with Crippen LogP contribution in [0.2, 0.25) is 0 Å². The highest BCUT2D eigenvalue weighted by molar-refractivity contribution is 6.07. The van der Waals surface area contributed by atoms with E-state index < -0.39 is 0 Å². The molecule has 0 spiro atoms. The Hall–Kier alpha value is -5.86. The predicted molar refractivity (Wildman–Crippen MR) is 203 cm³/mol. The average Bonchev–Trinajstić information content (AvgIpc) is 3.54. The largest absolute Gasteiger partial charge is 0.456 e. The van der Waals surface area contributed by atoms with Crippen molar-refractivity contribution in [2.75, 3.05) is 4.90 Å². The molecule has 1 heterocycles. The van der Waals surface area contributed by atoms with Crippen molar-refractivity contribution >= 4 is 50.1 Å². The Morgan fingerprint density at radius 2 is 1.44 bits per heavy atom. The number of para-hydroxylation sites is 2. The SMILES string of the molecule is C1=CC2=CC(c3ccc(C4=CCCC=C4)c(N(c4ccc5oc6ccccc6c5c4)c4ccccc4-c4ccccc4)c3)=CCC2C=C1. The van der Waals surface area contributed by atoms with Gasteiger partial charge in [-0.3, -0.25) is 0 Å². The van der Waals surface area contributed by atoms with E-state index in [1.54, 1.807) is 0 Å². The van der Waals surface area contributed by atoms with Gasteiger partial charge in [-0.1, -0.05) is 134 Å². The molecule has 6 aromatic rings. The van der Waals surface area contributed by atoms with Crippen LogP contribution in [0.25, 0.3) is 44.2 Å². The molecule has 1 atom stereocenters. The number of furan rings is 1. The van der Waals surface area contributed by atoms with Crippen molar-refractivity contribution in [1.29, 1.82) is 0 Å². The van der Waals surface area contributed by atoms with Crippen LogP contribution in [-0.2, 0) is 0 Å². The Morgan fingerprint density at radius 3 is 2.35 bits per heavy atom. The molecule has 0 aliphatic heterocycles. The molecular weight excluding hydrogens is 583 g/mol. The second-order valence-corrected chi connectivity index (χ2v) is 12.8. The number of anilines is 3. The van der Waals surface area contributed by atoms with Gasteiger partial charge in [-0.2, -0.15) is 0 Å². The van der Waals surface area contributed by atoms with Gasteiger partial charge in [0.15, 0.2) is 0 Å². The average molecular weight is 618 g/mol. The Labute approximate surface area is 281 Å². The normalized spacial score (nSPS) is 16.8. The summed E-state index contributed by atoms with van der Waals surface area (Å²) in [6.45, 7) is 0. The first-order chi connectivity index (χ1) is 23.8. The van der Waals surface area contributed by atoms with E-state index >= 15 is 0 Å². The van der Waals surface area contributed by atoms with E-state index in [1.165, 1.54) is 39.0 Å². The Morgan fingerprint density at radius 1 is 0.583 bits per heavy atom. The van der Waals surface area contributed by atoms with Crippen molar-refractivity contribution in [2.24, 2.45) is 5.92 Å². The van der Waals surface area contributed by atoms with Gasteiger partial charge in [0.1, 0.15) is 11.2 Å². The third-order valence-electron chi connectivity index (χ3n) is 9.81. The smallest absolute Gasteiger partial charge is 0.135 e. The quantitative estimate of drug-likeness (QED) is 0.185. The zero-order chi connectivity index (χ0) is 31.9. The first kappa shape index (κ1) is 28.4. The van der Waals surface area contributed by atoms with Crippen LogP contribution >= 0.6 is 0 Å². The molecule has 48 heavy (non-hydrogen) atoms. The number of rotatable bonds is 6. The fourth-order valence-electron chi connectivity index (χ4n) is 7.41. The Balaban J connectivity index is 1.31. The number of hydrogen-bond donors (Lipinski definition) is 0. The Kier molecular flexibility index (Phi) is 7.13. The van der Waals surface area contributed by atoms with Crippen LogP contribution < -0.4 is 4.90 Å². The topological polar surface area (TPSA) is 16.4 Å². The second-order valence-electron chi connectivity index (χ2n) is 12.8. The first-order valence-corrected chi connectivity index (χ1v) is 16.9. The monoisotopic (exact) mass is 617 g/mol. The third-order valence-corrected chi connectivity index (χ3v) is 9.81. The predicted octanol–water partition coefficient (Wildman–Crippen LogP) is 12.9. The van der Waals surface area contributed by atoms with E-state index in [2.05, 4.69) is 169 Å². The molecule has 2 nitrogen and oxygen atoms in total. The van der Waals surface area contributed by atoms with E-state index in [0.29, 0.717) is 5.92 Å². The van der Waals surface area contributed by atoms with E-state index in [1.807, 2.05) is 6.07 Å². The highest BCUT2D eigenvalue weighted by Gasteiger charge is 2.24. The summed E-state index contributed by atoms with van der Waals surface area (Å²) in [5.74, 6) is 0.459. The molecule has 5 aromatic carbocycles. The standard InChI is InChI=1S/C46H35NO/c1-3-14-33(15-4-1)39-19-9-11-21-43(39)47(38-26-28-46-42(31-38)41-20-10-12-22-45(41)48-46)44-30-37(25-27-40(44)34-16-5-2-6-17-34)36-24-23-32-13-7-8-18-35(32)29-36/h1,3-5,7-22,24-32H,2,6,23H2. The second kappa shape index (κ2) is 12.1. The number of fused-ring (bicyclic) bond motifs is 4. The molecule has 1 unspecified atom stereocenters. The van der Waals surface area contributed by atoms with Crippen LogP contribution in [0.3, 0.4) is 0 Å². The molecule has 3 aliphatic carbocycles.